The van der Waals surface area contributed by atoms with Gasteiger partial charge in [0.25, 0.3) is 0 Å². The summed E-state index contributed by atoms with van der Waals surface area (Å²) in [5, 5.41) is 1.18. The van der Waals surface area contributed by atoms with Crippen molar-refractivity contribution in [1.29, 1.82) is 0 Å². The fourth-order valence-corrected chi connectivity index (χ4v) is 2.81. The van der Waals surface area contributed by atoms with E-state index >= 15 is 0 Å². The number of benzene rings is 1. The lowest BCUT2D eigenvalue weighted by atomic mass is 9.80. The minimum atomic E-state index is -0.0148. The molecule has 0 bridgehead atoms. The monoisotopic (exact) mass is 284 g/mol. The summed E-state index contributed by atoms with van der Waals surface area (Å²) < 4.78 is 0. The van der Waals surface area contributed by atoms with Crippen LogP contribution in [0.3, 0.4) is 0 Å². The summed E-state index contributed by atoms with van der Waals surface area (Å²) >= 11 is 0. The van der Waals surface area contributed by atoms with Crippen molar-refractivity contribution in [2.24, 2.45) is 0 Å². The predicted octanol–water partition coefficient (Wildman–Crippen LogP) is 5.31. The number of fused-ring (bicyclic) bond motifs is 1. The Bertz CT molecular complexity index is 648. The first-order valence-corrected chi connectivity index (χ1v) is 7.94. The zero-order valence-corrected chi connectivity index (χ0v) is 14.5. The Morgan fingerprint density at radius 2 is 1.67 bits per heavy atom. The van der Waals surface area contributed by atoms with Gasteiger partial charge in [0.1, 0.15) is 5.82 Å². The highest BCUT2D eigenvalue weighted by molar-refractivity contribution is 5.81. The molecule has 0 saturated carbocycles. The van der Waals surface area contributed by atoms with E-state index in [1.54, 1.807) is 0 Å². The predicted molar refractivity (Wildman–Crippen MR) is 90.9 cm³/mol. The van der Waals surface area contributed by atoms with Crippen molar-refractivity contribution in [1.82, 2.24) is 9.97 Å². The first-order chi connectivity index (χ1) is 9.65. The Balaban J connectivity index is 2.58. The van der Waals surface area contributed by atoms with E-state index in [0.29, 0.717) is 0 Å². The van der Waals surface area contributed by atoms with Crippen LogP contribution in [-0.4, -0.2) is 9.97 Å². The molecule has 0 radical (unpaired) electrons. The van der Waals surface area contributed by atoms with Crippen molar-refractivity contribution in [2.45, 2.75) is 72.1 Å². The van der Waals surface area contributed by atoms with Crippen molar-refractivity contribution in [2.75, 3.05) is 0 Å². The minimum absolute atomic E-state index is 0.0148. The maximum atomic E-state index is 4.77. The van der Waals surface area contributed by atoms with Gasteiger partial charge in [-0.3, -0.25) is 0 Å². The van der Waals surface area contributed by atoms with Crippen molar-refractivity contribution in [3.05, 3.63) is 35.3 Å². The van der Waals surface area contributed by atoms with Gasteiger partial charge in [-0.25, -0.2) is 9.97 Å². The first-order valence-electron chi connectivity index (χ1n) is 7.94. The molecule has 114 valence electrons. The Kier molecular flexibility index (Phi) is 4.10. The third kappa shape index (κ3) is 3.25. The summed E-state index contributed by atoms with van der Waals surface area (Å²) in [5.74, 6) is 0.924. The van der Waals surface area contributed by atoms with Gasteiger partial charge in [-0.15, -0.1) is 0 Å². The van der Waals surface area contributed by atoms with Gasteiger partial charge in [-0.1, -0.05) is 54.0 Å². The Morgan fingerprint density at radius 3 is 2.24 bits per heavy atom. The van der Waals surface area contributed by atoms with E-state index in [2.05, 4.69) is 66.7 Å². The number of rotatable bonds is 3. The average molecular weight is 284 g/mol. The molecule has 2 rings (SSSR count). The Labute approximate surface area is 129 Å². The summed E-state index contributed by atoms with van der Waals surface area (Å²) in [6, 6.07) is 6.68. The van der Waals surface area contributed by atoms with Gasteiger partial charge in [0, 0.05) is 16.5 Å². The molecule has 0 spiro atoms. The number of aryl methyl sites for hydroxylation is 1. The zero-order chi connectivity index (χ0) is 15.8. The van der Waals surface area contributed by atoms with Gasteiger partial charge >= 0.3 is 0 Å². The molecule has 0 amide bonds. The highest BCUT2D eigenvalue weighted by atomic mass is 14.9. The molecule has 2 heteroatoms. The lowest BCUT2D eigenvalue weighted by Gasteiger charge is -2.25. The highest BCUT2D eigenvalue weighted by Crippen LogP contribution is 2.31. The second kappa shape index (κ2) is 5.40. The van der Waals surface area contributed by atoms with E-state index in [1.807, 2.05) is 0 Å². The molecule has 0 aliphatic rings. The van der Waals surface area contributed by atoms with Crippen LogP contribution >= 0.6 is 0 Å². The minimum Gasteiger partial charge on any atom is -0.237 e. The fourth-order valence-electron chi connectivity index (χ4n) is 2.81. The van der Waals surface area contributed by atoms with Crippen molar-refractivity contribution in [3.8, 4) is 0 Å². The van der Waals surface area contributed by atoms with E-state index < -0.39 is 0 Å². The quantitative estimate of drug-likeness (QED) is 0.763. The van der Waals surface area contributed by atoms with E-state index in [0.717, 1.165) is 17.0 Å². The Hall–Kier alpha value is -1.44. The molecule has 0 aliphatic carbocycles. The summed E-state index contributed by atoms with van der Waals surface area (Å²) in [7, 11) is 0. The number of hydrogen-bond donors (Lipinski definition) is 0. The molecule has 0 fully saturated rings. The molecule has 0 aliphatic heterocycles. The van der Waals surface area contributed by atoms with Gasteiger partial charge in [0.05, 0.1) is 5.52 Å². The number of aromatic nitrogens is 2. The van der Waals surface area contributed by atoms with Crippen LogP contribution in [0.5, 0.6) is 0 Å². The molecular formula is C19H28N2. The molecular weight excluding hydrogens is 256 g/mol. The van der Waals surface area contributed by atoms with E-state index in [4.69, 9.17) is 9.97 Å². The van der Waals surface area contributed by atoms with Crippen LogP contribution in [0, 0.1) is 6.92 Å². The molecule has 21 heavy (non-hydrogen) atoms. The van der Waals surface area contributed by atoms with Gasteiger partial charge < -0.3 is 0 Å². The number of nitrogens with zero attached hydrogens (tertiary/aromatic N) is 2. The molecule has 2 aromatic rings. The van der Waals surface area contributed by atoms with Gasteiger partial charge in [-0.2, -0.15) is 0 Å². The van der Waals surface area contributed by atoms with Gasteiger partial charge in [-0.05, 0) is 36.5 Å². The molecule has 0 N–H and O–H groups in total. The maximum Gasteiger partial charge on any atom is 0.134 e. The molecule has 0 atom stereocenters. The zero-order valence-electron chi connectivity index (χ0n) is 14.5. The lowest BCUT2D eigenvalue weighted by Crippen LogP contribution is -2.18. The molecule has 0 unspecified atom stereocenters. The van der Waals surface area contributed by atoms with Crippen LogP contribution in [-0.2, 0) is 10.8 Å². The van der Waals surface area contributed by atoms with E-state index in [9.17, 15) is 0 Å². The Morgan fingerprint density at radius 1 is 1.00 bits per heavy atom. The summed E-state index contributed by atoms with van der Waals surface area (Å²) in [5.41, 5.74) is 3.71. The normalized spacial score (nSPS) is 12.9. The van der Waals surface area contributed by atoms with Crippen molar-refractivity contribution < 1.29 is 0 Å². The second-order valence-electron chi connectivity index (χ2n) is 7.75. The third-order valence-electron chi connectivity index (χ3n) is 4.21. The number of hydrogen-bond acceptors (Lipinski definition) is 2. The molecule has 1 aromatic carbocycles. The maximum absolute atomic E-state index is 4.77. The summed E-state index contributed by atoms with van der Waals surface area (Å²) in [4.78, 5) is 9.50. The smallest absolute Gasteiger partial charge is 0.134 e. The average Bonchev–Trinajstić information content (AvgIpc) is 2.37. The van der Waals surface area contributed by atoms with Crippen LogP contribution in [0.2, 0.25) is 0 Å². The van der Waals surface area contributed by atoms with Gasteiger partial charge in [0.15, 0.2) is 0 Å². The summed E-state index contributed by atoms with van der Waals surface area (Å²) in [6.45, 7) is 15.4. The van der Waals surface area contributed by atoms with Crippen LogP contribution in [0.15, 0.2) is 18.2 Å². The van der Waals surface area contributed by atoms with Crippen molar-refractivity contribution in [3.63, 3.8) is 0 Å². The van der Waals surface area contributed by atoms with Crippen LogP contribution in [0.4, 0.5) is 0 Å². The van der Waals surface area contributed by atoms with Crippen molar-refractivity contribution >= 4 is 10.9 Å². The summed E-state index contributed by atoms with van der Waals surface area (Å²) in [6.07, 6.45) is 2.39. The lowest BCUT2D eigenvalue weighted by molar-refractivity contribution is 0.473. The first kappa shape index (κ1) is 15.9. The SMILES string of the molecule is CCCC(C)(C)c1ccc2nc(C(C)(C)C)nc(C)c2c1. The largest absolute Gasteiger partial charge is 0.237 e. The van der Waals surface area contributed by atoms with Crippen LogP contribution < -0.4 is 0 Å². The fraction of sp³-hybridized carbons (Fsp3) is 0.579. The molecule has 0 saturated heterocycles. The molecule has 1 heterocycles. The second-order valence-corrected chi connectivity index (χ2v) is 7.75. The van der Waals surface area contributed by atoms with E-state index in [1.165, 1.54) is 23.8 Å². The topological polar surface area (TPSA) is 25.8 Å². The van der Waals surface area contributed by atoms with Crippen LogP contribution in [0.25, 0.3) is 10.9 Å². The van der Waals surface area contributed by atoms with Gasteiger partial charge in [0.2, 0.25) is 0 Å². The van der Waals surface area contributed by atoms with E-state index in [-0.39, 0.29) is 10.8 Å². The molecule has 2 nitrogen and oxygen atoms in total. The molecule has 1 aromatic heterocycles. The standard InChI is InChI=1S/C19H28N2/c1-8-11-19(6,7)14-9-10-16-15(12-14)13(2)20-17(21-16)18(3,4)5/h9-10,12H,8,11H2,1-7H3. The third-order valence-corrected chi connectivity index (χ3v) is 4.21. The highest BCUT2D eigenvalue weighted by Gasteiger charge is 2.22. The van der Waals surface area contributed by atoms with Crippen LogP contribution in [0.1, 0.15) is 71.5 Å².